The van der Waals surface area contributed by atoms with Crippen molar-refractivity contribution in [1.82, 2.24) is 0 Å². The first kappa shape index (κ1) is 14.8. The molecule has 0 aromatic heterocycles. The quantitative estimate of drug-likeness (QED) is 0.400. The molecule has 104 valence electrons. The minimum absolute atomic E-state index is 0.0862. The van der Waals surface area contributed by atoms with Crippen LogP contribution < -0.4 is 11.5 Å². The second kappa shape index (κ2) is 4.77. The van der Waals surface area contributed by atoms with Crippen molar-refractivity contribution >= 4 is 17.6 Å². The van der Waals surface area contributed by atoms with Crippen LogP contribution in [0.2, 0.25) is 0 Å². The summed E-state index contributed by atoms with van der Waals surface area (Å²) in [5.74, 6) is -2.82. The number of phenols is 1. The monoisotopic (exact) mass is 268 g/mol. The van der Waals surface area contributed by atoms with Gasteiger partial charge in [0.05, 0.1) is 11.0 Å². The fraction of sp³-hybridized carbons (Fsp3) is 0.333. The summed E-state index contributed by atoms with van der Waals surface area (Å²) in [6, 6.07) is 1.12. The summed E-state index contributed by atoms with van der Waals surface area (Å²) >= 11 is 0. The van der Waals surface area contributed by atoms with Crippen molar-refractivity contribution in [3.8, 4) is 5.75 Å². The van der Waals surface area contributed by atoms with Crippen molar-refractivity contribution in [1.29, 1.82) is 0 Å². The van der Waals surface area contributed by atoms with Gasteiger partial charge in [-0.1, -0.05) is 0 Å². The maximum absolute atomic E-state index is 11.1. The third kappa shape index (κ3) is 2.60. The average Bonchev–Trinajstić information content (AvgIpc) is 2.30. The van der Waals surface area contributed by atoms with Crippen molar-refractivity contribution in [2.24, 2.45) is 11.1 Å². The molecule has 0 amide bonds. The summed E-state index contributed by atoms with van der Waals surface area (Å²) in [6.07, 6.45) is 0. The molecule has 0 bridgehead atoms. The number of anilines is 1. The Morgan fingerprint density at radius 2 is 1.79 bits per heavy atom. The molecule has 0 radical (unpaired) electrons. The molecule has 1 atom stereocenters. The second-order valence-corrected chi connectivity index (χ2v) is 4.81. The van der Waals surface area contributed by atoms with Gasteiger partial charge in [0.1, 0.15) is 5.75 Å². The summed E-state index contributed by atoms with van der Waals surface area (Å²) in [4.78, 5) is 22.0. The first-order valence-electron chi connectivity index (χ1n) is 5.43. The van der Waals surface area contributed by atoms with Crippen LogP contribution in [-0.4, -0.2) is 27.3 Å². The normalized spacial score (nSPS) is 13.0. The third-order valence-corrected chi connectivity index (χ3v) is 3.09. The highest BCUT2D eigenvalue weighted by Gasteiger charge is 2.37. The zero-order valence-corrected chi connectivity index (χ0v) is 10.5. The summed E-state index contributed by atoms with van der Waals surface area (Å²) in [6.45, 7) is 2.81. The van der Waals surface area contributed by atoms with E-state index in [4.69, 9.17) is 21.7 Å². The van der Waals surface area contributed by atoms with Gasteiger partial charge in [0.15, 0.2) is 0 Å². The van der Waals surface area contributed by atoms with Crippen LogP contribution in [-0.2, 0) is 4.79 Å². The van der Waals surface area contributed by atoms with Crippen LogP contribution in [0.3, 0.4) is 0 Å². The highest BCUT2D eigenvalue weighted by Crippen LogP contribution is 2.37. The lowest BCUT2D eigenvalue weighted by molar-refractivity contribution is -0.148. The number of phenolic OH excluding ortho intramolecular Hbond substituents is 1. The molecule has 0 saturated heterocycles. The van der Waals surface area contributed by atoms with E-state index in [9.17, 15) is 14.7 Å². The van der Waals surface area contributed by atoms with Crippen LogP contribution in [0.1, 0.15) is 35.8 Å². The maximum Gasteiger partial charge on any atom is 0.337 e. The summed E-state index contributed by atoms with van der Waals surface area (Å²) in [5, 5.41) is 27.7. The predicted octanol–water partition coefficient (Wildman–Crippen LogP) is 0.783. The number of aliphatic carboxylic acids is 1. The van der Waals surface area contributed by atoms with Crippen LogP contribution in [0.4, 0.5) is 5.69 Å². The van der Waals surface area contributed by atoms with Gasteiger partial charge in [0.25, 0.3) is 0 Å². The molecule has 0 aliphatic heterocycles. The number of hydrogen-bond donors (Lipinski definition) is 5. The van der Waals surface area contributed by atoms with E-state index in [2.05, 4.69) is 0 Å². The van der Waals surface area contributed by atoms with Gasteiger partial charge in [0.2, 0.25) is 0 Å². The molecule has 1 rings (SSSR count). The van der Waals surface area contributed by atoms with Crippen LogP contribution in [0.15, 0.2) is 12.1 Å². The van der Waals surface area contributed by atoms with Crippen LogP contribution >= 0.6 is 0 Å². The summed E-state index contributed by atoms with van der Waals surface area (Å²) in [7, 11) is 0. The zero-order valence-electron chi connectivity index (χ0n) is 10.5. The smallest absolute Gasteiger partial charge is 0.337 e. The van der Waals surface area contributed by atoms with Crippen LogP contribution in [0.25, 0.3) is 0 Å². The van der Waals surface area contributed by atoms with Gasteiger partial charge >= 0.3 is 11.9 Å². The lowest BCUT2D eigenvalue weighted by Crippen LogP contribution is -2.36. The largest absolute Gasteiger partial charge is 0.508 e. The molecular weight excluding hydrogens is 252 g/mol. The van der Waals surface area contributed by atoms with E-state index in [0.29, 0.717) is 0 Å². The van der Waals surface area contributed by atoms with Gasteiger partial charge in [-0.25, -0.2) is 4.79 Å². The molecule has 0 heterocycles. The molecule has 7 N–H and O–H groups in total. The van der Waals surface area contributed by atoms with Crippen molar-refractivity contribution in [2.75, 3.05) is 5.73 Å². The van der Waals surface area contributed by atoms with Gasteiger partial charge in [-0.15, -0.1) is 0 Å². The van der Waals surface area contributed by atoms with Gasteiger partial charge in [0, 0.05) is 17.3 Å². The van der Waals surface area contributed by atoms with E-state index >= 15 is 0 Å². The maximum atomic E-state index is 11.1. The molecular formula is C12H16N2O5. The number of nitrogens with two attached hydrogens (primary N) is 2. The number of carbonyl (C=O) groups is 2. The minimum atomic E-state index is -1.34. The lowest BCUT2D eigenvalue weighted by atomic mass is 9.80. The lowest BCUT2D eigenvalue weighted by Gasteiger charge is -2.28. The van der Waals surface area contributed by atoms with Crippen molar-refractivity contribution in [3.63, 3.8) is 0 Å². The van der Waals surface area contributed by atoms with E-state index in [1.165, 1.54) is 19.9 Å². The van der Waals surface area contributed by atoms with Crippen LogP contribution in [0, 0.1) is 5.41 Å². The van der Waals surface area contributed by atoms with Crippen LogP contribution in [0.5, 0.6) is 5.75 Å². The Morgan fingerprint density at radius 3 is 2.21 bits per heavy atom. The van der Waals surface area contributed by atoms with E-state index in [-0.39, 0.29) is 16.8 Å². The molecule has 0 aliphatic rings. The Labute approximate surface area is 109 Å². The number of aromatic carboxylic acids is 1. The van der Waals surface area contributed by atoms with Gasteiger partial charge in [-0.2, -0.15) is 0 Å². The molecule has 7 nitrogen and oxygen atoms in total. The van der Waals surface area contributed by atoms with E-state index in [0.717, 1.165) is 6.07 Å². The van der Waals surface area contributed by atoms with Gasteiger partial charge in [-0.05, 0) is 26.0 Å². The standard InChI is InChI=1S/C12H16N2O5/c1-12(2,11(18)19)9(14)6-3-7(13)5(10(16)17)4-8(6)15/h3-4,9,15H,13-14H2,1-2H3,(H,16,17)(H,18,19)/t9-/m0/s1. The highest BCUT2D eigenvalue weighted by molar-refractivity contribution is 5.94. The Hall–Kier alpha value is -2.28. The molecule has 0 spiro atoms. The molecule has 0 aliphatic carbocycles. The van der Waals surface area contributed by atoms with Gasteiger partial charge in [-0.3, -0.25) is 4.79 Å². The van der Waals surface area contributed by atoms with E-state index in [1.54, 1.807) is 0 Å². The fourth-order valence-electron chi connectivity index (χ4n) is 1.58. The third-order valence-electron chi connectivity index (χ3n) is 3.09. The summed E-state index contributed by atoms with van der Waals surface area (Å²) < 4.78 is 0. The number of hydrogen-bond acceptors (Lipinski definition) is 5. The minimum Gasteiger partial charge on any atom is -0.508 e. The molecule has 0 saturated carbocycles. The number of nitrogen functional groups attached to an aromatic ring is 1. The number of carboxylic acids is 2. The Kier molecular flexibility index (Phi) is 3.71. The first-order chi connectivity index (χ1) is 8.59. The highest BCUT2D eigenvalue weighted by atomic mass is 16.4. The van der Waals surface area contributed by atoms with Crippen molar-refractivity contribution in [2.45, 2.75) is 19.9 Å². The predicted molar refractivity (Wildman–Crippen MR) is 67.8 cm³/mol. The Morgan fingerprint density at radius 1 is 1.26 bits per heavy atom. The van der Waals surface area contributed by atoms with Crippen molar-refractivity contribution < 1.29 is 24.9 Å². The first-order valence-corrected chi connectivity index (χ1v) is 5.43. The topological polar surface area (TPSA) is 147 Å². The molecule has 0 fully saturated rings. The SMILES string of the molecule is CC(C)(C(=O)O)[C@@H](N)c1cc(N)c(C(=O)O)cc1O. The molecule has 1 aromatic rings. The fourth-order valence-corrected chi connectivity index (χ4v) is 1.58. The Bertz CT molecular complexity index is 539. The number of aromatic hydroxyl groups is 1. The molecule has 1 aromatic carbocycles. The van der Waals surface area contributed by atoms with E-state index < -0.39 is 29.1 Å². The number of carboxylic acid groups (broad SMARTS) is 2. The molecule has 7 heteroatoms. The Balaban J connectivity index is 3.34. The number of benzene rings is 1. The van der Waals surface area contributed by atoms with E-state index in [1.807, 2.05) is 0 Å². The number of rotatable bonds is 4. The second-order valence-electron chi connectivity index (χ2n) is 4.81. The van der Waals surface area contributed by atoms with Gasteiger partial charge < -0.3 is 26.8 Å². The average molecular weight is 268 g/mol. The van der Waals surface area contributed by atoms with Crippen molar-refractivity contribution in [3.05, 3.63) is 23.3 Å². The summed E-state index contributed by atoms with van der Waals surface area (Å²) in [5.41, 5.74) is 9.78. The molecule has 19 heavy (non-hydrogen) atoms. The zero-order chi connectivity index (χ0) is 15.0. The molecule has 0 unspecified atom stereocenters.